The van der Waals surface area contributed by atoms with Crippen LogP contribution >= 0.6 is 0 Å². The van der Waals surface area contributed by atoms with Gasteiger partial charge in [0, 0.05) is 12.8 Å². The molecule has 0 fully saturated rings. The summed E-state index contributed by atoms with van der Waals surface area (Å²) < 4.78 is 22.7. The second kappa shape index (κ2) is 72.0. The summed E-state index contributed by atoms with van der Waals surface area (Å²) in [6, 6.07) is 0. The van der Waals surface area contributed by atoms with E-state index in [1.165, 1.54) is 89.9 Å². The number of carboxylic acid groups (broad SMARTS) is 1. The van der Waals surface area contributed by atoms with E-state index in [0.717, 1.165) is 135 Å². The van der Waals surface area contributed by atoms with E-state index in [1.807, 2.05) is 21.1 Å². The Hall–Kier alpha value is -5.87. The van der Waals surface area contributed by atoms with E-state index in [-0.39, 0.29) is 38.6 Å². The maximum absolute atomic E-state index is 12.9. The summed E-state index contributed by atoms with van der Waals surface area (Å²) in [5.41, 5.74) is 0. The molecule has 0 aliphatic rings. The van der Waals surface area contributed by atoms with Crippen molar-refractivity contribution in [1.82, 2.24) is 0 Å². The van der Waals surface area contributed by atoms with E-state index in [2.05, 4.69) is 208 Å². The smallest absolute Gasteiger partial charge is 0.306 e. The Balaban J connectivity index is 4.25. The van der Waals surface area contributed by atoms with Crippen LogP contribution in [0.2, 0.25) is 0 Å². The van der Waals surface area contributed by atoms with Crippen LogP contribution in [0.4, 0.5) is 0 Å². The quantitative estimate of drug-likeness (QED) is 0.0195. The molecule has 0 aliphatic heterocycles. The van der Waals surface area contributed by atoms with Crippen molar-refractivity contribution in [2.45, 2.75) is 270 Å². The van der Waals surface area contributed by atoms with Crippen LogP contribution in [0.5, 0.6) is 0 Å². The van der Waals surface area contributed by atoms with Crippen LogP contribution in [0.1, 0.15) is 258 Å². The molecule has 2 unspecified atom stereocenters. The number of aliphatic carboxylic acids is 1. The van der Waals surface area contributed by atoms with Crippen molar-refractivity contribution in [1.29, 1.82) is 0 Å². The lowest BCUT2D eigenvalue weighted by Crippen LogP contribution is -2.44. The van der Waals surface area contributed by atoms with E-state index >= 15 is 0 Å². The normalized spacial score (nSPS) is 13.9. The van der Waals surface area contributed by atoms with Crippen molar-refractivity contribution < 1.29 is 42.9 Å². The Labute approximate surface area is 570 Å². The van der Waals surface area contributed by atoms with E-state index in [4.69, 9.17) is 18.9 Å². The van der Waals surface area contributed by atoms with Gasteiger partial charge in [-0.25, -0.2) is 0 Å². The predicted octanol–water partition coefficient (Wildman–Crippen LogP) is 22.0. The fourth-order valence-electron chi connectivity index (χ4n) is 9.33. The van der Waals surface area contributed by atoms with Crippen molar-refractivity contribution in [3.05, 3.63) is 194 Å². The first-order valence-corrected chi connectivity index (χ1v) is 36.6. The van der Waals surface area contributed by atoms with Gasteiger partial charge in [0.15, 0.2) is 12.4 Å². The fourth-order valence-corrected chi connectivity index (χ4v) is 9.33. The molecule has 0 saturated heterocycles. The number of likely N-dealkylation sites (N-methyl/N-ethyl adjacent to an activating group) is 1. The van der Waals surface area contributed by atoms with Gasteiger partial charge >= 0.3 is 11.9 Å². The molecule has 0 aromatic carbocycles. The summed E-state index contributed by atoms with van der Waals surface area (Å²) >= 11 is 0. The zero-order valence-corrected chi connectivity index (χ0v) is 59.5. The molecule has 0 aromatic heterocycles. The van der Waals surface area contributed by atoms with E-state index < -0.39 is 24.3 Å². The highest BCUT2D eigenvalue weighted by molar-refractivity contribution is 5.70. The highest BCUT2D eigenvalue weighted by Crippen LogP contribution is 2.16. The summed E-state index contributed by atoms with van der Waals surface area (Å²) in [6.45, 7) is 4.46. The molecule has 0 aromatic rings. The number of nitrogens with zero attached hydrogens (tertiary/aromatic N) is 1. The van der Waals surface area contributed by atoms with Gasteiger partial charge in [0.25, 0.3) is 0 Å². The molecule has 0 radical (unpaired) electrons. The molecule has 9 heteroatoms. The van der Waals surface area contributed by atoms with Crippen LogP contribution in [-0.2, 0) is 33.3 Å². The number of allylic oxidation sites excluding steroid dienone is 32. The fraction of sp³-hybridized carbons (Fsp3) is 0.583. The largest absolute Gasteiger partial charge is 0.545 e. The van der Waals surface area contributed by atoms with Gasteiger partial charge in [-0.3, -0.25) is 9.59 Å². The summed E-state index contributed by atoms with van der Waals surface area (Å²) in [6.07, 6.45) is 108. The SMILES string of the molecule is CC/C=C\C/C=C\C/C=C\C/C=C\C/C=C\C/C=C\C/C=C\C/C=C\C/C=C\C/C=C\C/C=C\C/C=C\CCCCC(=O)OC(COC(=O)CCCCCCCCCCCCCCCCCC/C=C\C/C=C\C/C=C\C/C=C\CC)COC(OCC[N+](C)(C)C)C(=O)[O-]. The zero-order chi connectivity index (χ0) is 67.5. The van der Waals surface area contributed by atoms with Crippen molar-refractivity contribution >= 4 is 17.9 Å². The Morgan fingerprint density at radius 3 is 0.882 bits per heavy atom. The number of carbonyl (C=O) groups excluding carboxylic acids is 3. The van der Waals surface area contributed by atoms with Crippen molar-refractivity contribution in [3.8, 4) is 0 Å². The molecule has 0 saturated carbocycles. The van der Waals surface area contributed by atoms with Gasteiger partial charge in [-0.2, -0.15) is 0 Å². The van der Waals surface area contributed by atoms with E-state index in [0.29, 0.717) is 17.4 Å². The van der Waals surface area contributed by atoms with Gasteiger partial charge in [-0.1, -0.05) is 298 Å². The average molecular weight is 1280 g/mol. The van der Waals surface area contributed by atoms with Crippen LogP contribution in [0.15, 0.2) is 194 Å². The molecule has 0 rings (SSSR count). The van der Waals surface area contributed by atoms with Gasteiger partial charge < -0.3 is 33.3 Å². The first-order chi connectivity index (χ1) is 45.6. The molecule has 0 spiro atoms. The standard InChI is InChI=1S/C84H133NO8/c1-6-8-10-12-14-16-18-20-22-24-26-28-30-32-34-36-37-38-39-40-41-42-43-44-45-47-49-51-53-55-57-59-61-63-65-67-69-71-73-75-82(87)93-80(79-92-84(83(88)89)90-77-76-85(3,4)5)78-91-81(86)74-72-70-68-66-64-62-60-58-56-54-52-50-48-46-35-33-31-29-27-25-23-21-19-17-15-13-11-9-7-2/h8-11,14-17,20-23,26-29,32,34,37-38,40-41,43-44,47,49,53,55,59,61,65,67,80,84H,6-7,12-13,18-19,24-25,30-31,33,35-36,39,42,45-46,48,50-52,54,56-58,60,62-64,66,68-79H2,1-5H3/b10-8-,11-9-,16-14-,17-15-,22-20-,23-21-,28-26-,29-27-,34-32-,38-37-,41-40-,44-43-,49-47-,55-53-,61-59-,67-65-. The van der Waals surface area contributed by atoms with Crippen LogP contribution in [0.25, 0.3) is 0 Å². The summed E-state index contributed by atoms with van der Waals surface area (Å²) in [5.74, 6) is -2.36. The number of carboxylic acids is 1. The van der Waals surface area contributed by atoms with Crippen LogP contribution in [0, 0.1) is 0 Å². The molecule has 2 atom stereocenters. The first-order valence-electron chi connectivity index (χ1n) is 36.6. The number of unbranched alkanes of at least 4 members (excludes halogenated alkanes) is 18. The number of hydrogen-bond donors (Lipinski definition) is 0. The predicted molar refractivity (Wildman–Crippen MR) is 397 cm³/mol. The molecule has 0 N–H and O–H groups in total. The molecule has 0 amide bonds. The topological polar surface area (TPSA) is 111 Å². The third kappa shape index (κ3) is 73.4. The zero-order valence-electron chi connectivity index (χ0n) is 59.5. The van der Waals surface area contributed by atoms with Gasteiger partial charge in [-0.05, 0) is 141 Å². The average Bonchev–Trinajstić information content (AvgIpc) is 3.38. The highest BCUT2D eigenvalue weighted by Gasteiger charge is 2.22. The first kappa shape index (κ1) is 87.1. The number of ether oxygens (including phenoxy) is 4. The number of esters is 2. The van der Waals surface area contributed by atoms with Crippen molar-refractivity contribution in [2.75, 3.05) is 47.5 Å². The van der Waals surface area contributed by atoms with Crippen LogP contribution < -0.4 is 5.11 Å². The third-order valence-electron chi connectivity index (χ3n) is 14.8. The van der Waals surface area contributed by atoms with Gasteiger partial charge in [0.2, 0.25) is 0 Å². The summed E-state index contributed by atoms with van der Waals surface area (Å²) in [5, 5.41) is 11.8. The molecule has 0 aliphatic carbocycles. The molecular formula is C84H133NO8. The van der Waals surface area contributed by atoms with Gasteiger partial charge in [0.1, 0.15) is 13.2 Å². The number of rotatable bonds is 65. The van der Waals surface area contributed by atoms with Crippen LogP contribution in [-0.4, -0.2) is 82.3 Å². The minimum atomic E-state index is -1.65. The minimum absolute atomic E-state index is 0.129. The van der Waals surface area contributed by atoms with Gasteiger partial charge in [0.05, 0.1) is 40.3 Å². The molecule has 0 bridgehead atoms. The number of quaternary nitrogens is 1. The second-order valence-electron chi connectivity index (χ2n) is 24.8. The van der Waals surface area contributed by atoms with Gasteiger partial charge in [-0.15, -0.1) is 0 Å². The molecule has 93 heavy (non-hydrogen) atoms. The maximum atomic E-state index is 12.9. The lowest BCUT2D eigenvalue weighted by molar-refractivity contribution is -0.870. The lowest BCUT2D eigenvalue weighted by atomic mass is 10.0. The number of carbonyl (C=O) groups is 3. The maximum Gasteiger partial charge on any atom is 0.306 e. The lowest BCUT2D eigenvalue weighted by Gasteiger charge is -2.26. The second-order valence-corrected chi connectivity index (χ2v) is 24.8. The molecular weight excluding hydrogens is 1150 g/mol. The molecule has 0 heterocycles. The highest BCUT2D eigenvalue weighted by atomic mass is 16.7. The van der Waals surface area contributed by atoms with E-state index in [9.17, 15) is 19.5 Å². The molecule has 9 nitrogen and oxygen atoms in total. The Morgan fingerprint density at radius 1 is 0.323 bits per heavy atom. The Bertz CT molecular complexity index is 2230. The van der Waals surface area contributed by atoms with E-state index in [1.54, 1.807) is 0 Å². The third-order valence-corrected chi connectivity index (χ3v) is 14.8. The van der Waals surface area contributed by atoms with Crippen molar-refractivity contribution in [3.63, 3.8) is 0 Å². The Morgan fingerprint density at radius 2 is 0.581 bits per heavy atom. The monoisotopic (exact) mass is 1280 g/mol. The van der Waals surface area contributed by atoms with Crippen LogP contribution in [0.3, 0.4) is 0 Å². The minimum Gasteiger partial charge on any atom is -0.545 e. The van der Waals surface area contributed by atoms with Crippen molar-refractivity contribution in [2.24, 2.45) is 0 Å². The molecule has 522 valence electrons. The summed E-state index contributed by atoms with van der Waals surface area (Å²) in [4.78, 5) is 37.5. The number of hydrogen-bond acceptors (Lipinski definition) is 8. The Kier molecular flexibility index (Phi) is 67.4. The summed E-state index contributed by atoms with van der Waals surface area (Å²) in [7, 11) is 5.90.